The zero-order valence-electron chi connectivity index (χ0n) is 9.18. The van der Waals surface area contributed by atoms with Crippen molar-refractivity contribution in [3.63, 3.8) is 0 Å². The molecular weight excluding hydrogens is 292 g/mol. The summed E-state index contributed by atoms with van der Waals surface area (Å²) in [7, 11) is 2.82. The van der Waals surface area contributed by atoms with Gasteiger partial charge in [-0.25, -0.2) is 14.6 Å². The number of aromatic nitrogens is 4. The van der Waals surface area contributed by atoms with Gasteiger partial charge in [-0.1, -0.05) is 0 Å². The summed E-state index contributed by atoms with van der Waals surface area (Å²) < 4.78 is 11.6. The highest BCUT2D eigenvalue weighted by atomic mass is 79.9. The Morgan fingerprint density at radius 2 is 2.24 bits per heavy atom. The van der Waals surface area contributed by atoms with Crippen molar-refractivity contribution in [2.75, 3.05) is 14.2 Å². The maximum Gasteiger partial charge on any atom is 0.327 e. The Balaban J connectivity index is 2.56. The van der Waals surface area contributed by atoms with E-state index in [0.717, 1.165) is 0 Å². The molecule has 0 atom stereocenters. The number of methoxy groups -OCH3 is 2. The third kappa shape index (κ3) is 2.07. The van der Waals surface area contributed by atoms with Crippen LogP contribution in [0.5, 0.6) is 5.88 Å². The summed E-state index contributed by atoms with van der Waals surface area (Å²) >= 11 is 3.28. The first-order valence-electron chi connectivity index (χ1n) is 4.65. The van der Waals surface area contributed by atoms with Gasteiger partial charge >= 0.3 is 5.97 Å². The lowest BCUT2D eigenvalue weighted by atomic mass is 10.4. The van der Waals surface area contributed by atoms with Crippen molar-refractivity contribution in [3.05, 3.63) is 10.9 Å². The number of halogens is 1. The van der Waals surface area contributed by atoms with Gasteiger partial charge in [0, 0.05) is 0 Å². The van der Waals surface area contributed by atoms with E-state index >= 15 is 0 Å². The second-order valence-electron chi connectivity index (χ2n) is 3.11. The van der Waals surface area contributed by atoms with E-state index in [1.807, 2.05) is 0 Å². The Bertz CT molecular complexity index is 569. The minimum Gasteiger partial charge on any atom is -0.480 e. The van der Waals surface area contributed by atoms with Crippen molar-refractivity contribution in [1.29, 1.82) is 0 Å². The first-order valence-corrected chi connectivity index (χ1v) is 5.44. The molecule has 0 aliphatic carbocycles. The van der Waals surface area contributed by atoms with Crippen molar-refractivity contribution < 1.29 is 14.3 Å². The fraction of sp³-hybridized carbons (Fsp3) is 0.333. The molecule has 0 amide bonds. The number of hydrogen-bond donors (Lipinski definition) is 0. The van der Waals surface area contributed by atoms with E-state index in [0.29, 0.717) is 21.5 Å². The first kappa shape index (κ1) is 11.8. The smallest absolute Gasteiger partial charge is 0.327 e. The summed E-state index contributed by atoms with van der Waals surface area (Å²) in [5.74, 6) is -0.00234. The summed E-state index contributed by atoms with van der Waals surface area (Å²) in [4.78, 5) is 19.3. The van der Waals surface area contributed by atoms with Crippen LogP contribution < -0.4 is 4.74 Å². The van der Waals surface area contributed by atoms with Crippen LogP contribution in [0, 0.1) is 0 Å². The third-order valence-electron chi connectivity index (χ3n) is 2.15. The second kappa shape index (κ2) is 4.66. The van der Waals surface area contributed by atoms with Crippen LogP contribution in [0.3, 0.4) is 0 Å². The molecule has 0 aliphatic heterocycles. The van der Waals surface area contributed by atoms with Gasteiger partial charge in [0.1, 0.15) is 22.9 Å². The number of esters is 1. The van der Waals surface area contributed by atoms with E-state index in [4.69, 9.17) is 4.74 Å². The largest absolute Gasteiger partial charge is 0.480 e. The molecule has 0 aromatic carbocycles. The highest BCUT2D eigenvalue weighted by Crippen LogP contribution is 2.28. The molecular formula is C9H9BrN4O3. The molecule has 0 N–H and O–H groups in total. The van der Waals surface area contributed by atoms with Crippen LogP contribution >= 0.6 is 15.9 Å². The molecule has 2 aromatic rings. The number of carbonyl (C=O) groups is 1. The van der Waals surface area contributed by atoms with Crippen LogP contribution in [0.15, 0.2) is 10.9 Å². The Hall–Kier alpha value is -1.70. The minimum absolute atomic E-state index is 0.0151. The third-order valence-corrected chi connectivity index (χ3v) is 2.71. The Labute approximate surface area is 105 Å². The zero-order chi connectivity index (χ0) is 12.4. The van der Waals surface area contributed by atoms with Gasteiger partial charge in [0.05, 0.1) is 14.2 Å². The predicted molar refractivity (Wildman–Crippen MR) is 61.6 cm³/mol. The molecule has 2 aromatic heterocycles. The Kier molecular flexibility index (Phi) is 3.23. The second-order valence-corrected chi connectivity index (χ2v) is 3.86. The van der Waals surface area contributed by atoms with Gasteiger partial charge in [-0.05, 0) is 15.9 Å². The average Bonchev–Trinajstić information content (AvgIpc) is 2.66. The van der Waals surface area contributed by atoms with E-state index in [9.17, 15) is 4.79 Å². The standard InChI is InChI=1S/C9H9BrN4O3/c1-16-5(15)3-14-8-6(7(10)13-14)9(17-2)12-4-11-8/h4H,3H2,1-2H3. The van der Waals surface area contributed by atoms with Crippen molar-refractivity contribution in [2.45, 2.75) is 6.54 Å². The molecule has 0 saturated heterocycles. The Morgan fingerprint density at radius 3 is 2.88 bits per heavy atom. The predicted octanol–water partition coefficient (Wildman–Crippen LogP) is 0.770. The van der Waals surface area contributed by atoms with Crippen LogP contribution in [0.25, 0.3) is 11.0 Å². The summed E-state index contributed by atoms with van der Waals surface area (Å²) in [6, 6.07) is 0. The molecule has 0 radical (unpaired) electrons. The van der Waals surface area contributed by atoms with Crippen LogP contribution in [0.1, 0.15) is 0 Å². The lowest BCUT2D eigenvalue weighted by Crippen LogP contribution is -2.13. The van der Waals surface area contributed by atoms with Crippen LogP contribution in [0.2, 0.25) is 0 Å². The van der Waals surface area contributed by atoms with Crippen molar-refractivity contribution >= 4 is 32.9 Å². The van der Waals surface area contributed by atoms with E-state index in [1.165, 1.54) is 25.2 Å². The summed E-state index contributed by atoms with van der Waals surface area (Å²) in [5, 5.41) is 4.76. The van der Waals surface area contributed by atoms with Gasteiger partial charge in [0.15, 0.2) is 5.65 Å². The topological polar surface area (TPSA) is 79.1 Å². The fourth-order valence-corrected chi connectivity index (χ4v) is 1.93. The number of hydrogen-bond acceptors (Lipinski definition) is 6. The minimum atomic E-state index is -0.403. The first-order chi connectivity index (χ1) is 8.17. The van der Waals surface area contributed by atoms with Gasteiger partial charge in [0.2, 0.25) is 5.88 Å². The fourth-order valence-electron chi connectivity index (χ4n) is 1.39. The SMILES string of the molecule is COC(=O)Cn1nc(Br)c2c(OC)ncnc21. The maximum atomic E-state index is 11.2. The van der Waals surface area contributed by atoms with E-state index < -0.39 is 5.97 Å². The van der Waals surface area contributed by atoms with Crippen molar-refractivity contribution in [1.82, 2.24) is 19.7 Å². The van der Waals surface area contributed by atoms with Gasteiger partial charge < -0.3 is 9.47 Å². The molecule has 0 saturated carbocycles. The summed E-state index contributed by atoms with van der Waals surface area (Å²) in [5.41, 5.74) is 0.508. The molecule has 90 valence electrons. The lowest BCUT2D eigenvalue weighted by molar-refractivity contribution is -0.141. The highest BCUT2D eigenvalue weighted by Gasteiger charge is 2.17. The van der Waals surface area contributed by atoms with Gasteiger partial charge in [-0.2, -0.15) is 5.10 Å². The van der Waals surface area contributed by atoms with E-state index in [2.05, 4.69) is 35.7 Å². The van der Waals surface area contributed by atoms with Crippen LogP contribution in [-0.4, -0.2) is 39.9 Å². The lowest BCUT2D eigenvalue weighted by Gasteiger charge is -2.01. The number of rotatable bonds is 3. The normalized spacial score (nSPS) is 10.5. The molecule has 0 unspecified atom stereocenters. The Morgan fingerprint density at radius 1 is 1.47 bits per heavy atom. The zero-order valence-corrected chi connectivity index (χ0v) is 10.8. The molecule has 7 nitrogen and oxygen atoms in total. The van der Waals surface area contributed by atoms with Gasteiger partial charge in [-0.3, -0.25) is 4.79 Å². The van der Waals surface area contributed by atoms with Crippen molar-refractivity contribution in [2.24, 2.45) is 0 Å². The summed E-state index contributed by atoms with van der Waals surface area (Å²) in [6.07, 6.45) is 1.35. The quantitative estimate of drug-likeness (QED) is 0.779. The van der Waals surface area contributed by atoms with E-state index in [-0.39, 0.29) is 6.54 Å². The molecule has 17 heavy (non-hydrogen) atoms. The van der Waals surface area contributed by atoms with Crippen LogP contribution in [0.4, 0.5) is 0 Å². The number of fused-ring (bicyclic) bond motifs is 1. The molecule has 2 rings (SSSR count). The molecule has 0 bridgehead atoms. The van der Waals surface area contributed by atoms with Gasteiger partial charge in [0.25, 0.3) is 0 Å². The number of nitrogens with zero attached hydrogens (tertiary/aromatic N) is 4. The average molecular weight is 301 g/mol. The highest BCUT2D eigenvalue weighted by molar-refractivity contribution is 9.10. The molecule has 8 heteroatoms. The van der Waals surface area contributed by atoms with Gasteiger partial charge in [-0.15, -0.1) is 0 Å². The van der Waals surface area contributed by atoms with Crippen LogP contribution in [-0.2, 0) is 16.1 Å². The number of carbonyl (C=O) groups excluding carboxylic acids is 1. The summed E-state index contributed by atoms with van der Waals surface area (Å²) in [6.45, 7) is -0.0151. The molecule has 0 fully saturated rings. The molecule has 0 aliphatic rings. The number of ether oxygens (including phenoxy) is 2. The van der Waals surface area contributed by atoms with Crippen molar-refractivity contribution in [3.8, 4) is 5.88 Å². The van der Waals surface area contributed by atoms with E-state index in [1.54, 1.807) is 0 Å². The maximum absolute atomic E-state index is 11.2. The monoisotopic (exact) mass is 300 g/mol. The molecule has 2 heterocycles. The molecule has 0 spiro atoms.